The molecule has 0 saturated heterocycles. The van der Waals surface area contributed by atoms with E-state index in [1.165, 1.54) is 49.9 Å². The average Bonchev–Trinajstić information content (AvgIpc) is 4.06. The molecule has 0 bridgehead atoms. The molecule has 0 unspecified atom stereocenters. The van der Waals surface area contributed by atoms with E-state index >= 15 is 0 Å². The Labute approximate surface area is 357 Å². The van der Waals surface area contributed by atoms with Gasteiger partial charge in [0.2, 0.25) is 0 Å². The maximum absolute atomic E-state index is 6.88. The van der Waals surface area contributed by atoms with Crippen LogP contribution in [0, 0.1) is 0 Å². The summed E-state index contributed by atoms with van der Waals surface area (Å²) < 4.78 is 13.5. The molecule has 2 aliphatic rings. The lowest BCUT2D eigenvalue weighted by Crippen LogP contribution is -2.26. The number of hydrogen-bond acceptors (Lipinski definition) is 3. The molecule has 14 rings (SSSR count). The number of rotatable bonds is 4. The van der Waals surface area contributed by atoms with E-state index in [-0.39, 0.29) is 0 Å². The Kier molecular flexibility index (Phi) is 6.76. The van der Waals surface area contributed by atoms with Crippen LogP contribution in [0.3, 0.4) is 0 Å². The van der Waals surface area contributed by atoms with Gasteiger partial charge in [-0.15, -0.1) is 0 Å². The SMILES string of the molecule is c1ccc(N(c2ccc3c(c2)C2(c4ccccc4-c4ccccc42)c2ccccc2-3)c2ccc3c(c2)oc2ccccc23)c(-c2cccc3c2oc2cc4ccccc4cc23)c1. The highest BCUT2D eigenvalue weighted by atomic mass is 16.3. The number of fused-ring (bicyclic) bond motifs is 17. The summed E-state index contributed by atoms with van der Waals surface area (Å²) in [4.78, 5) is 2.42. The van der Waals surface area contributed by atoms with Crippen molar-refractivity contribution in [1.82, 2.24) is 0 Å². The van der Waals surface area contributed by atoms with Gasteiger partial charge in [-0.05, 0) is 104 Å². The summed E-state index contributed by atoms with van der Waals surface area (Å²) in [5.41, 5.74) is 18.6. The molecule has 0 radical (unpaired) electrons. The van der Waals surface area contributed by atoms with E-state index in [4.69, 9.17) is 8.83 Å². The van der Waals surface area contributed by atoms with Crippen LogP contribution in [0.25, 0.3) is 88.0 Å². The van der Waals surface area contributed by atoms with Crippen LogP contribution in [-0.4, -0.2) is 0 Å². The first-order valence-electron chi connectivity index (χ1n) is 21.3. The van der Waals surface area contributed by atoms with Crippen molar-refractivity contribution in [2.75, 3.05) is 4.90 Å². The molecule has 0 amide bonds. The Balaban J connectivity index is 1.04. The number of benzene rings is 10. The summed E-state index contributed by atoms with van der Waals surface area (Å²) in [6.07, 6.45) is 0. The summed E-state index contributed by atoms with van der Waals surface area (Å²) in [7, 11) is 0. The smallest absolute Gasteiger partial charge is 0.143 e. The van der Waals surface area contributed by atoms with E-state index in [0.717, 1.165) is 77.5 Å². The highest BCUT2D eigenvalue weighted by molar-refractivity contribution is 6.14. The fourth-order valence-electron chi connectivity index (χ4n) is 11.1. The van der Waals surface area contributed by atoms with Crippen LogP contribution in [0.1, 0.15) is 22.3 Å². The van der Waals surface area contributed by atoms with Crippen LogP contribution in [0.5, 0.6) is 0 Å². The first-order chi connectivity index (χ1) is 30.7. The molecule has 10 aromatic carbocycles. The third-order valence-corrected chi connectivity index (χ3v) is 13.7. The van der Waals surface area contributed by atoms with Crippen molar-refractivity contribution in [3.8, 4) is 33.4 Å². The standard InChI is InChI=1S/C59H35NO2/c1-2-15-37-33-56-49(32-36(37)14-1)48-22-13-21-47(58(48)62-56)44-19-6-11-26-54(44)60(39-29-31-46-45-20-7-12-27-55(45)61-57(46)35-39)38-28-30-43-42-18-5-10-25-52(42)59(53(43)34-38)50-23-8-3-16-40(50)41-17-4-9-24-51(41)59/h1-35H. The lowest BCUT2D eigenvalue weighted by molar-refractivity contribution is 0.669. The highest BCUT2D eigenvalue weighted by Gasteiger charge is 2.51. The average molecular weight is 790 g/mol. The fraction of sp³-hybridized carbons (Fsp3) is 0.0169. The van der Waals surface area contributed by atoms with Crippen LogP contribution in [0.15, 0.2) is 221 Å². The van der Waals surface area contributed by atoms with Crippen LogP contribution >= 0.6 is 0 Å². The molecule has 0 saturated carbocycles. The van der Waals surface area contributed by atoms with E-state index in [0.29, 0.717) is 0 Å². The summed E-state index contributed by atoms with van der Waals surface area (Å²) in [5, 5.41) is 6.79. The zero-order valence-corrected chi connectivity index (χ0v) is 33.5. The molecule has 0 aliphatic heterocycles. The third kappa shape index (κ3) is 4.44. The highest BCUT2D eigenvalue weighted by Crippen LogP contribution is 2.63. The summed E-state index contributed by atoms with van der Waals surface area (Å²) in [6, 6.07) is 77.3. The second-order valence-corrected chi connectivity index (χ2v) is 16.7. The minimum absolute atomic E-state index is 0.480. The Bertz CT molecular complexity index is 3780. The molecule has 3 nitrogen and oxygen atoms in total. The van der Waals surface area contributed by atoms with Crippen molar-refractivity contribution in [2.45, 2.75) is 5.41 Å². The number of anilines is 3. The van der Waals surface area contributed by atoms with Crippen LogP contribution in [-0.2, 0) is 5.41 Å². The van der Waals surface area contributed by atoms with Gasteiger partial charge in [0.1, 0.15) is 22.3 Å². The molecular weight excluding hydrogens is 755 g/mol. The van der Waals surface area contributed by atoms with Gasteiger partial charge in [0.25, 0.3) is 0 Å². The van der Waals surface area contributed by atoms with Crippen molar-refractivity contribution in [2.24, 2.45) is 0 Å². The fourth-order valence-corrected chi connectivity index (χ4v) is 11.1. The van der Waals surface area contributed by atoms with E-state index in [1.54, 1.807) is 0 Å². The number of furan rings is 2. The Hall–Kier alpha value is -8.14. The lowest BCUT2D eigenvalue weighted by atomic mass is 9.70. The number of para-hydroxylation sites is 3. The quantitative estimate of drug-likeness (QED) is 0.178. The zero-order chi connectivity index (χ0) is 40.5. The largest absolute Gasteiger partial charge is 0.456 e. The van der Waals surface area contributed by atoms with Gasteiger partial charge in [-0.1, -0.05) is 158 Å². The van der Waals surface area contributed by atoms with Crippen molar-refractivity contribution in [3.63, 3.8) is 0 Å². The Morgan fingerprint density at radius 2 is 0.839 bits per heavy atom. The summed E-state index contributed by atoms with van der Waals surface area (Å²) in [6.45, 7) is 0. The van der Waals surface area contributed by atoms with Crippen LogP contribution in [0.2, 0.25) is 0 Å². The van der Waals surface area contributed by atoms with E-state index < -0.39 is 5.41 Å². The van der Waals surface area contributed by atoms with Gasteiger partial charge in [-0.25, -0.2) is 0 Å². The maximum atomic E-state index is 6.88. The molecule has 0 fully saturated rings. The second kappa shape index (κ2) is 12.4. The molecule has 12 aromatic rings. The normalized spacial score (nSPS) is 13.3. The Morgan fingerprint density at radius 1 is 0.306 bits per heavy atom. The predicted octanol–water partition coefficient (Wildman–Crippen LogP) is 16.1. The zero-order valence-electron chi connectivity index (χ0n) is 33.5. The van der Waals surface area contributed by atoms with Gasteiger partial charge in [0.15, 0.2) is 0 Å². The van der Waals surface area contributed by atoms with Gasteiger partial charge >= 0.3 is 0 Å². The summed E-state index contributed by atoms with van der Waals surface area (Å²) >= 11 is 0. The third-order valence-electron chi connectivity index (χ3n) is 13.7. The van der Waals surface area contributed by atoms with Crippen molar-refractivity contribution < 1.29 is 8.83 Å². The first kappa shape index (κ1) is 33.7. The van der Waals surface area contributed by atoms with Gasteiger partial charge in [0, 0.05) is 50.1 Å². The minimum atomic E-state index is -0.480. The van der Waals surface area contributed by atoms with Crippen molar-refractivity contribution >= 4 is 71.7 Å². The van der Waals surface area contributed by atoms with E-state index in [9.17, 15) is 0 Å². The molecular formula is C59H35NO2. The second-order valence-electron chi connectivity index (χ2n) is 16.7. The molecule has 62 heavy (non-hydrogen) atoms. The molecule has 2 aliphatic carbocycles. The summed E-state index contributed by atoms with van der Waals surface area (Å²) in [5.74, 6) is 0. The molecule has 288 valence electrons. The van der Waals surface area contributed by atoms with Gasteiger partial charge in [-0.2, -0.15) is 0 Å². The predicted molar refractivity (Wildman–Crippen MR) is 255 cm³/mol. The molecule has 1 spiro atoms. The van der Waals surface area contributed by atoms with Crippen LogP contribution in [0.4, 0.5) is 17.1 Å². The first-order valence-corrected chi connectivity index (χ1v) is 21.3. The molecule has 2 aromatic heterocycles. The molecule has 0 atom stereocenters. The molecule has 0 N–H and O–H groups in total. The van der Waals surface area contributed by atoms with Crippen molar-refractivity contribution in [1.29, 1.82) is 0 Å². The number of nitrogens with zero attached hydrogens (tertiary/aromatic N) is 1. The van der Waals surface area contributed by atoms with Crippen LogP contribution < -0.4 is 4.90 Å². The van der Waals surface area contributed by atoms with Crippen molar-refractivity contribution in [3.05, 3.63) is 235 Å². The van der Waals surface area contributed by atoms with E-state index in [1.807, 2.05) is 12.1 Å². The Morgan fingerprint density at radius 3 is 1.60 bits per heavy atom. The lowest BCUT2D eigenvalue weighted by Gasteiger charge is -2.32. The van der Waals surface area contributed by atoms with Gasteiger partial charge < -0.3 is 13.7 Å². The van der Waals surface area contributed by atoms with E-state index in [2.05, 4.69) is 205 Å². The minimum Gasteiger partial charge on any atom is -0.456 e. The molecule has 3 heteroatoms. The number of hydrogen-bond donors (Lipinski definition) is 0. The molecule has 2 heterocycles. The van der Waals surface area contributed by atoms with Gasteiger partial charge in [0.05, 0.1) is 11.1 Å². The topological polar surface area (TPSA) is 29.5 Å². The monoisotopic (exact) mass is 789 g/mol. The maximum Gasteiger partial charge on any atom is 0.143 e. The van der Waals surface area contributed by atoms with Gasteiger partial charge in [-0.3, -0.25) is 0 Å².